The zero-order chi connectivity index (χ0) is 13.7. The number of nitrogens with zero attached hydrogens (tertiary/aromatic N) is 1. The first-order chi connectivity index (χ1) is 9.20. The summed E-state index contributed by atoms with van der Waals surface area (Å²) in [6, 6.07) is 10.8. The molecule has 100 valence electrons. The molecule has 0 aliphatic heterocycles. The Kier molecular flexibility index (Phi) is 4.23. The van der Waals surface area contributed by atoms with E-state index in [1.54, 1.807) is 42.5 Å². The monoisotopic (exact) mass is 259 g/mol. The number of amides is 1. The quantitative estimate of drug-likeness (QED) is 0.829. The Labute approximate surface area is 112 Å². The van der Waals surface area contributed by atoms with Crippen molar-refractivity contribution in [1.29, 1.82) is 0 Å². The zero-order valence-corrected chi connectivity index (χ0v) is 11.1. The average molecular weight is 259 g/mol. The van der Waals surface area contributed by atoms with Crippen LogP contribution in [0.3, 0.4) is 0 Å². The van der Waals surface area contributed by atoms with Crippen LogP contribution in [-0.2, 0) is 6.54 Å². The van der Waals surface area contributed by atoms with Gasteiger partial charge in [-0.05, 0) is 43.3 Å². The first kappa shape index (κ1) is 13.2. The summed E-state index contributed by atoms with van der Waals surface area (Å²) in [6.07, 6.45) is 1.60. The van der Waals surface area contributed by atoms with Gasteiger partial charge in [-0.25, -0.2) is 0 Å². The van der Waals surface area contributed by atoms with Gasteiger partial charge in [0.05, 0.1) is 19.4 Å². The fourth-order valence-corrected chi connectivity index (χ4v) is 1.79. The normalized spacial score (nSPS) is 10.2. The molecule has 19 heavy (non-hydrogen) atoms. The Bertz CT molecular complexity index is 517. The molecule has 4 nitrogen and oxygen atoms in total. The van der Waals surface area contributed by atoms with Crippen molar-refractivity contribution < 1.29 is 13.9 Å². The standard InChI is InChI=1S/C15H17NO3/c1-3-18-13-8-6-12(7-9-13)15(17)16(2)11-14-5-4-10-19-14/h4-10H,3,11H2,1-2H3. The van der Waals surface area contributed by atoms with Gasteiger partial charge in [0.1, 0.15) is 11.5 Å². The van der Waals surface area contributed by atoms with Crippen molar-refractivity contribution in [3.05, 3.63) is 54.0 Å². The number of rotatable bonds is 5. The van der Waals surface area contributed by atoms with Crippen molar-refractivity contribution >= 4 is 5.91 Å². The molecule has 0 bridgehead atoms. The van der Waals surface area contributed by atoms with Crippen molar-refractivity contribution in [1.82, 2.24) is 4.90 Å². The SMILES string of the molecule is CCOc1ccc(C(=O)N(C)Cc2ccco2)cc1. The maximum absolute atomic E-state index is 12.2. The molecule has 1 heterocycles. The molecule has 0 atom stereocenters. The lowest BCUT2D eigenvalue weighted by Crippen LogP contribution is -2.25. The van der Waals surface area contributed by atoms with Gasteiger partial charge in [-0.2, -0.15) is 0 Å². The van der Waals surface area contributed by atoms with Crippen LogP contribution >= 0.6 is 0 Å². The molecular formula is C15H17NO3. The molecule has 0 N–H and O–H groups in total. The second-order valence-electron chi connectivity index (χ2n) is 4.20. The highest BCUT2D eigenvalue weighted by Gasteiger charge is 2.13. The van der Waals surface area contributed by atoms with Crippen LogP contribution in [0.15, 0.2) is 47.1 Å². The van der Waals surface area contributed by atoms with E-state index in [2.05, 4.69) is 0 Å². The van der Waals surface area contributed by atoms with Crippen molar-refractivity contribution in [2.24, 2.45) is 0 Å². The van der Waals surface area contributed by atoms with Crippen molar-refractivity contribution in [3.8, 4) is 5.75 Å². The van der Waals surface area contributed by atoms with Crippen LogP contribution < -0.4 is 4.74 Å². The molecule has 0 spiro atoms. The van der Waals surface area contributed by atoms with Crippen molar-refractivity contribution in [3.63, 3.8) is 0 Å². The Morgan fingerprint density at radius 2 is 2.00 bits per heavy atom. The second-order valence-corrected chi connectivity index (χ2v) is 4.20. The molecule has 0 aliphatic rings. The van der Waals surface area contributed by atoms with E-state index >= 15 is 0 Å². The molecule has 2 rings (SSSR count). The third-order valence-corrected chi connectivity index (χ3v) is 2.73. The largest absolute Gasteiger partial charge is 0.494 e. The van der Waals surface area contributed by atoms with Gasteiger partial charge in [-0.3, -0.25) is 4.79 Å². The molecule has 0 saturated heterocycles. The van der Waals surface area contributed by atoms with Crippen LogP contribution in [0.4, 0.5) is 0 Å². The van der Waals surface area contributed by atoms with Crippen LogP contribution in [0.2, 0.25) is 0 Å². The number of ether oxygens (including phenoxy) is 1. The van der Waals surface area contributed by atoms with E-state index in [-0.39, 0.29) is 5.91 Å². The molecule has 4 heteroatoms. The maximum atomic E-state index is 12.2. The van der Waals surface area contributed by atoms with Gasteiger partial charge in [0.15, 0.2) is 0 Å². The lowest BCUT2D eigenvalue weighted by molar-refractivity contribution is 0.0775. The predicted molar refractivity (Wildman–Crippen MR) is 72.1 cm³/mol. The fourth-order valence-electron chi connectivity index (χ4n) is 1.79. The summed E-state index contributed by atoms with van der Waals surface area (Å²) >= 11 is 0. The predicted octanol–water partition coefficient (Wildman–Crippen LogP) is 2.95. The summed E-state index contributed by atoms with van der Waals surface area (Å²) in [7, 11) is 1.75. The van der Waals surface area contributed by atoms with E-state index in [1.807, 2.05) is 19.1 Å². The van der Waals surface area contributed by atoms with E-state index in [1.165, 1.54) is 0 Å². The van der Waals surface area contributed by atoms with E-state index in [0.717, 1.165) is 11.5 Å². The summed E-state index contributed by atoms with van der Waals surface area (Å²) in [6.45, 7) is 3.00. The van der Waals surface area contributed by atoms with Gasteiger partial charge in [0.25, 0.3) is 5.91 Å². The Morgan fingerprint density at radius 1 is 1.26 bits per heavy atom. The van der Waals surface area contributed by atoms with Gasteiger partial charge in [0, 0.05) is 12.6 Å². The minimum absolute atomic E-state index is 0.0422. The molecular weight excluding hydrogens is 242 g/mol. The summed E-state index contributed by atoms with van der Waals surface area (Å²) in [4.78, 5) is 13.8. The molecule has 1 aromatic carbocycles. The highest BCUT2D eigenvalue weighted by Crippen LogP contribution is 2.14. The topological polar surface area (TPSA) is 42.7 Å². The van der Waals surface area contributed by atoms with Gasteiger partial charge in [-0.1, -0.05) is 0 Å². The molecule has 0 fully saturated rings. The summed E-state index contributed by atoms with van der Waals surface area (Å²) in [5.41, 5.74) is 0.637. The summed E-state index contributed by atoms with van der Waals surface area (Å²) < 4.78 is 10.6. The number of hydrogen-bond acceptors (Lipinski definition) is 3. The summed E-state index contributed by atoms with van der Waals surface area (Å²) in [5, 5.41) is 0. The van der Waals surface area contributed by atoms with Gasteiger partial charge in [0.2, 0.25) is 0 Å². The average Bonchev–Trinajstić information content (AvgIpc) is 2.92. The highest BCUT2D eigenvalue weighted by atomic mass is 16.5. The number of hydrogen-bond donors (Lipinski definition) is 0. The van der Waals surface area contributed by atoms with E-state index < -0.39 is 0 Å². The van der Waals surface area contributed by atoms with Crippen LogP contribution in [0, 0.1) is 0 Å². The lowest BCUT2D eigenvalue weighted by Gasteiger charge is -2.16. The lowest BCUT2D eigenvalue weighted by atomic mass is 10.2. The van der Waals surface area contributed by atoms with Crippen molar-refractivity contribution in [2.45, 2.75) is 13.5 Å². The minimum Gasteiger partial charge on any atom is -0.494 e. The number of carbonyl (C=O) groups is 1. The minimum atomic E-state index is -0.0422. The molecule has 0 aliphatic carbocycles. The maximum Gasteiger partial charge on any atom is 0.254 e. The van der Waals surface area contributed by atoms with Crippen LogP contribution in [0.1, 0.15) is 23.0 Å². The first-order valence-electron chi connectivity index (χ1n) is 6.21. The van der Waals surface area contributed by atoms with Crippen LogP contribution in [0.5, 0.6) is 5.75 Å². The Morgan fingerprint density at radius 3 is 2.58 bits per heavy atom. The van der Waals surface area contributed by atoms with Gasteiger partial charge >= 0.3 is 0 Å². The molecule has 1 amide bonds. The first-order valence-corrected chi connectivity index (χ1v) is 6.21. The highest BCUT2D eigenvalue weighted by molar-refractivity contribution is 5.94. The number of carbonyl (C=O) groups excluding carboxylic acids is 1. The molecule has 0 radical (unpaired) electrons. The van der Waals surface area contributed by atoms with E-state index in [9.17, 15) is 4.79 Å². The van der Waals surface area contributed by atoms with Gasteiger partial charge in [-0.15, -0.1) is 0 Å². The van der Waals surface area contributed by atoms with E-state index in [4.69, 9.17) is 9.15 Å². The van der Waals surface area contributed by atoms with Crippen LogP contribution in [-0.4, -0.2) is 24.5 Å². The molecule has 2 aromatic rings. The smallest absolute Gasteiger partial charge is 0.254 e. The zero-order valence-electron chi connectivity index (χ0n) is 11.1. The number of benzene rings is 1. The molecule has 0 unspecified atom stereocenters. The third kappa shape index (κ3) is 3.37. The third-order valence-electron chi connectivity index (χ3n) is 2.73. The fraction of sp³-hybridized carbons (Fsp3) is 0.267. The Hall–Kier alpha value is -2.23. The second kappa shape index (κ2) is 6.09. The van der Waals surface area contributed by atoms with Crippen molar-refractivity contribution in [2.75, 3.05) is 13.7 Å². The van der Waals surface area contributed by atoms with E-state index in [0.29, 0.717) is 18.7 Å². The van der Waals surface area contributed by atoms with Gasteiger partial charge < -0.3 is 14.1 Å². The molecule has 0 saturated carbocycles. The summed E-state index contributed by atoms with van der Waals surface area (Å²) in [5.74, 6) is 1.49. The number of furan rings is 1. The Balaban J connectivity index is 2.02. The molecule has 1 aromatic heterocycles. The van der Waals surface area contributed by atoms with Crippen LogP contribution in [0.25, 0.3) is 0 Å².